The van der Waals surface area contributed by atoms with E-state index < -0.39 is 91.5 Å². The highest BCUT2D eigenvalue weighted by molar-refractivity contribution is 7.47. The molecular weight excluding hydrogens is 1290 g/mol. The minimum atomic E-state index is -4.94. The van der Waals surface area contributed by atoms with Gasteiger partial charge in [0.05, 0.1) is 26.4 Å². The molecule has 0 amide bonds. The number of esters is 3. The molecule has 0 spiro atoms. The Balaban J connectivity index is 4.67. The molecule has 0 aromatic carbocycles. The number of carbonyl (C=O) groups is 3. The molecule has 0 aliphatic rings. The number of rotatable bonds is 72. The summed E-state index contributed by atoms with van der Waals surface area (Å²) in [6.45, 7) is 2.48. The van der Waals surface area contributed by atoms with Gasteiger partial charge in [-0.05, 0) is 141 Å². The Bertz CT molecular complexity index is 2330. The Hall–Kier alpha value is -4.31. The van der Waals surface area contributed by atoms with Gasteiger partial charge in [-0.1, -0.05) is 276 Å². The number of hydrogen-bond donors (Lipinski definition) is 4. The summed E-state index contributed by atoms with van der Waals surface area (Å²) in [6.07, 6.45) is 87.6. The van der Waals surface area contributed by atoms with Crippen LogP contribution in [0.5, 0.6) is 0 Å². The van der Waals surface area contributed by atoms with Crippen molar-refractivity contribution in [3.8, 4) is 0 Å². The largest absolute Gasteiger partial charge is 0.472 e. The predicted octanol–water partition coefficient (Wildman–Crippen LogP) is 22.3. The second-order valence-corrected chi connectivity index (χ2v) is 28.3. The molecule has 0 bridgehead atoms. The minimum absolute atomic E-state index is 0.0840. The topological polar surface area (TPSA) is 231 Å². The van der Waals surface area contributed by atoms with E-state index in [0.29, 0.717) is 19.3 Å². The lowest BCUT2D eigenvalue weighted by Crippen LogP contribution is -2.30. The number of aliphatic hydroxyl groups excluding tert-OH is 2. The van der Waals surface area contributed by atoms with E-state index in [2.05, 4.69) is 154 Å². The van der Waals surface area contributed by atoms with Gasteiger partial charge in [0, 0.05) is 19.3 Å². The highest BCUT2D eigenvalue weighted by Crippen LogP contribution is 2.45. The van der Waals surface area contributed by atoms with Gasteiger partial charge in [0.2, 0.25) is 0 Å². The van der Waals surface area contributed by atoms with Crippen LogP contribution >= 0.6 is 15.6 Å². The van der Waals surface area contributed by atoms with Gasteiger partial charge in [-0.15, -0.1) is 0 Å². The van der Waals surface area contributed by atoms with E-state index >= 15 is 0 Å². The van der Waals surface area contributed by atoms with Gasteiger partial charge >= 0.3 is 33.6 Å². The molecule has 0 rings (SSSR count). The van der Waals surface area contributed by atoms with Crippen LogP contribution in [-0.4, -0.2) is 95.9 Å². The average molecular weight is 1430 g/mol. The van der Waals surface area contributed by atoms with Gasteiger partial charge in [0.1, 0.15) is 25.4 Å². The highest BCUT2D eigenvalue weighted by Gasteiger charge is 2.29. The van der Waals surface area contributed by atoms with Gasteiger partial charge in [0.25, 0.3) is 0 Å². The number of hydrogen-bond acceptors (Lipinski definition) is 14. The molecule has 0 aromatic heterocycles. The molecule has 0 aliphatic heterocycles. The van der Waals surface area contributed by atoms with E-state index in [-0.39, 0.29) is 19.3 Å². The zero-order chi connectivity index (χ0) is 72.3. The first-order valence-corrected chi connectivity index (χ1v) is 41.5. The highest BCUT2D eigenvalue weighted by atomic mass is 31.2. The van der Waals surface area contributed by atoms with E-state index in [1.54, 1.807) is 0 Å². The lowest BCUT2D eigenvalue weighted by atomic mass is 10.1. The third-order valence-corrected chi connectivity index (χ3v) is 17.7. The molecule has 99 heavy (non-hydrogen) atoms. The van der Waals surface area contributed by atoms with Crippen molar-refractivity contribution >= 4 is 33.6 Å². The second-order valence-electron chi connectivity index (χ2n) is 25.4. The van der Waals surface area contributed by atoms with Crippen molar-refractivity contribution in [3.05, 3.63) is 134 Å². The zero-order valence-electron chi connectivity index (χ0n) is 61.9. The van der Waals surface area contributed by atoms with Crippen LogP contribution in [0.15, 0.2) is 134 Å². The number of allylic oxidation sites excluding steroid dienone is 22. The molecule has 0 radical (unpaired) electrons. The first-order chi connectivity index (χ1) is 48.2. The number of ether oxygens (including phenoxy) is 3. The van der Waals surface area contributed by atoms with Crippen LogP contribution in [0.1, 0.15) is 303 Å². The molecule has 0 aliphatic carbocycles. The van der Waals surface area contributed by atoms with Crippen molar-refractivity contribution in [2.45, 2.75) is 322 Å². The number of carbonyl (C=O) groups excluding carboxylic acids is 3. The van der Waals surface area contributed by atoms with Gasteiger partial charge in [-0.3, -0.25) is 32.5 Å². The molecule has 18 heteroatoms. The van der Waals surface area contributed by atoms with Crippen LogP contribution in [0.25, 0.3) is 0 Å². The molecule has 0 saturated heterocycles. The molecule has 4 N–H and O–H groups in total. The Morgan fingerprint density at radius 2 is 0.535 bits per heavy atom. The van der Waals surface area contributed by atoms with Crippen molar-refractivity contribution in [2.24, 2.45) is 0 Å². The molecule has 16 nitrogen and oxygen atoms in total. The average Bonchev–Trinajstić information content (AvgIpc) is 2.90. The summed E-state index contributed by atoms with van der Waals surface area (Å²) in [7, 11) is -9.80. The fourth-order valence-corrected chi connectivity index (χ4v) is 11.5. The summed E-state index contributed by atoms with van der Waals surface area (Å²) < 4.78 is 61.1. The Morgan fingerprint density at radius 1 is 0.293 bits per heavy atom. The molecular formula is C81H138O16P2. The first-order valence-electron chi connectivity index (χ1n) is 38.5. The van der Waals surface area contributed by atoms with Crippen molar-refractivity contribution in [3.63, 3.8) is 0 Å². The number of phosphoric ester groups is 2. The van der Waals surface area contributed by atoms with E-state index in [1.807, 2.05) is 0 Å². The monoisotopic (exact) mass is 1430 g/mol. The Labute approximate surface area is 601 Å². The van der Waals surface area contributed by atoms with E-state index in [1.165, 1.54) is 64.2 Å². The summed E-state index contributed by atoms with van der Waals surface area (Å²) in [5.41, 5.74) is 0. The molecule has 0 fully saturated rings. The van der Waals surface area contributed by atoms with Crippen LogP contribution in [0.2, 0.25) is 0 Å². The van der Waals surface area contributed by atoms with Crippen LogP contribution < -0.4 is 0 Å². The van der Waals surface area contributed by atoms with E-state index in [4.69, 9.17) is 32.3 Å². The fourth-order valence-electron chi connectivity index (χ4n) is 9.96. The summed E-state index contributed by atoms with van der Waals surface area (Å²) in [6, 6.07) is 0. The number of unbranched alkanes of at least 4 members (excludes halogenated alkanes) is 27. The molecule has 568 valence electrons. The van der Waals surface area contributed by atoms with E-state index in [0.717, 1.165) is 180 Å². The van der Waals surface area contributed by atoms with Crippen LogP contribution in [0.3, 0.4) is 0 Å². The molecule has 0 aromatic rings. The standard InChI is InChI=1S/C81H138O16P2/c1-4-7-10-13-16-19-22-25-28-31-34-35-36-37-38-39-42-44-46-49-52-55-58-61-64-67-79(84)91-70-76(82)71-93-98(87,88)94-72-77(83)73-95-99(89,90)96-75-78(97-81(86)69-66-63-60-57-54-51-48-45-41-33-30-27-24-21-18-15-12-9-6-3)74-92-80(85)68-65-62-59-56-53-50-47-43-40-32-29-26-23-20-17-14-11-8-5-2/h7,10,16-21,25-30,34-35,37-38,40-41,43,45,76-78,82-83H,4-6,8-9,11-15,22-24,31-33,36,39,42,44,46-75H2,1-3H3,(H,87,88)(H,89,90)/b10-7-,19-16-,20-17-,21-18-,28-25-,29-26-,30-27-,35-34-,38-37-,43-40-,45-41-. The number of aliphatic hydroxyl groups is 2. The maximum atomic E-state index is 13.0. The van der Waals surface area contributed by atoms with Crippen molar-refractivity contribution in [1.29, 1.82) is 0 Å². The lowest BCUT2D eigenvalue weighted by molar-refractivity contribution is -0.161. The van der Waals surface area contributed by atoms with Gasteiger partial charge in [0.15, 0.2) is 6.10 Å². The maximum absolute atomic E-state index is 13.0. The molecule has 5 atom stereocenters. The maximum Gasteiger partial charge on any atom is 0.472 e. The Morgan fingerprint density at radius 3 is 0.848 bits per heavy atom. The Kier molecular flexibility index (Phi) is 70.2. The van der Waals surface area contributed by atoms with Gasteiger partial charge in [-0.2, -0.15) is 0 Å². The summed E-state index contributed by atoms with van der Waals surface area (Å²) in [5.74, 6) is -1.61. The molecule has 5 unspecified atom stereocenters. The van der Waals surface area contributed by atoms with Gasteiger partial charge in [-0.25, -0.2) is 9.13 Å². The summed E-state index contributed by atoms with van der Waals surface area (Å²) in [4.78, 5) is 58.6. The van der Waals surface area contributed by atoms with Crippen LogP contribution in [-0.2, 0) is 55.8 Å². The number of phosphoric acid groups is 2. The SMILES string of the molecule is CC/C=C\C/C=C\C/C=C\C/C=C\C/C=C\CCCCCCCCCCCC(=O)OCC(O)COP(=O)(O)OCC(O)COP(=O)(O)OCC(COC(=O)CCCCCCCC/C=C\C/C=C\C/C=C\CCCCC)OC(=O)CCCCCCCC/C=C\C/C=C\C/C=C\CCCCC. The third-order valence-electron chi connectivity index (χ3n) is 15.8. The first kappa shape index (κ1) is 94.7. The van der Waals surface area contributed by atoms with Crippen molar-refractivity contribution < 1.29 is 75.8 Å². The molecule has 0 heterocycles. The quantitative estimate of drug-likeness (QED) is 0.0146. The molecule has 0 saturated carbocycles. The third kappa shape index (κ3) is 74.7. The van der Waals surface area contributed by atoms with Crippen LogP contribution in [0, 0.1) is 0 Å². The normalized spacial score (nSPS) is 14.8. The second kappa shape index (κ2) is 73.4. The summed E-state index contributed by atoms with van der Waals surface area (Å²) in [5, 5.41) is 20.6. The van der Waals surface area contributed by atoms with E-state index in [9.17, 15) is 43.5 Å². The smallest absolute Gasteiger partial charge is 0.463 e. The van der Waals surface area contributed by atoms with Crippen LogP contribution in [0.4, 0.5) is 0 Å². The fraction of sp³-hybridized carbons (Fsp3) is 0.691. The summed E-state index contributed by atoms with van der Waals surface area (Å²) >= 11 is 0. The minimum Gasteiger partial charge on any atom is -0.463 e. The van der Waals surface area contributed by atoms with Crippen molar-refractivity contribution in [1.82, 2.24) is 0 Å². The van der Waals surface area contributed by atoms with Crippen molar-refractivity contribution in [2.75, 3.05) is 39.6 Å². The van der Waals surface area contributed by atoms with Gasteiger partial charge < -0.3 is 34.2 Å². The lowest BCUT2D eigenvalue weighted by Gasteiger charge is -2.21. The predicted molar refractivity (Wildman–Crippen MR) is 408 cm³/mol. The zero-order valence-corrected chi connectivity index (χ0v) is 63.7.